The van der Waals surface area contributed by atoms with Gasteiger partial charge in [0.15, 0.2) is 0 Å². The van der Waals surface area contributed by atoms with Crippen LogP contribution in [0, 0.1) is 12.8 Å². The molecule has 2 heterocycles. The summed E-state index contributed by atoms with van der Waals surface area (Å²) in [5.74, 6) is 0.599. The van der Waals surface area contributed by atoms with Crippen LogP contribution in [0.1, 0.15) is 5.69 Å². The Morgan fingerprint density at radius 2 is 2.46 bits per heavy atom. The molecule has 1 aliphatic rings. The summed E-state index contributed by atoms with van der Waals surface area (Å²) in [7, 11) is 0. The molecule has 4 heteroatoms. The van der Waals surface area contributed by atoms with Crippen LogP contribution in [0.4, 0.5) is 0 Å². The van der Waals surface area contributed by atoms with Crippen molar-refractivity contribution in [1.29, 1.82) is 0 Å². The Morgan fingerprint density at radius 1 is 1.69 bits per heavy atom. The third kappa shape index (κ3) is 1.78. The van der Waals surface area contributed by atoms with E-state index in [2.05, 4.69) is 10.3 Å². The van der Waals surface area contributed by atoms with Gasteiger partial charge in [-0.2, -0.15) is 0 Å². The number of rotatable bonds is 2. The van der Waals surface area contributed by atoms with Crippen LogP contribution in [-0.2, 0) is 6.54 Å². The van der Waals surface area contributed by atoms with Crippen molar-refractivity contribution in [2.75, 3.05) is 13.1 Å². The van der Waals surface area contributed by atoms with Gasteiger partial charge in [0, 0.05) is 37.3 Å². The van der Waals surface area contributed by atoms with Crippen molar-refractivity contribution in [1.82, 2.24) is 14.9 Å². The van der Waals surface area contributed by atoms with Crippen LogP contribution in [-0.4, -0.2) is 22.6 Å². The lowest BCUT2D eigenvalue weighted by Crippen LogP contribution is -2.45. The van der Waals surface area contributed by atoms with Gasteiger partial charge in [-0.1, -0.05) is 0 Å². The summed E-state index contributed by atoms with van der Waals surface area (Å²) in [6.45, 7) is 4.65. The van der Waals surface area contributed by atoms with Gasteiger partial charge in [-0.3, -0.25) is 9.36 Å². The van der Waals surface area contributed by atoms with Gasteiger partial charge < -0.3 is 5.32 Å². The second kappa shape index (κ2) is 3.30. The second-order valence-electron chi connectivity index (χ2n) is 3.55. The van der Waals surface area contributed by atoms with Crippen LogP contribution in [0.3, 0.4) is 0 Å². The lowest BCUT2D eigenvalue weighted by molar-refractivity contribution is 0.302. The molecule has 1 saturated heterocycles. The molecule has 0 atom stereocenters. The number of hydrogen-bond acceptors (Lipinski definition) is 3. The molecule has 0 amide bonds. The molecule has 0 aliphatic carbocycles. The number of aryl methyl sites for hydroxylation is 1. The largest absolute Gasteiger partial charge is 0.316 e. The zero-order valence-electron chi connectivity index (χ0n) is 7.66. The first-order chi connectivity index (χ1) is 6.25. The number of nitrogens with zero attached hydrogens (tertiary/aromatic N) is 2. The van der Waals surface area contributed by atoms with Gasteiger partial charge in [-0.25, -0.2) is 4.98 Å². The Morgan fingerprint density at radius 3 is 3.00 bits per heavy atom. The Bertz CT molecular complexity index is 354. The first kappa shape index (κ1) is 8.44. The van der Waals surface area contributed by atoms with E-state index in [1.165, 1.54) is 0 Å². The molecule has 4 nitrogen and oxygen atoms in total. The molecule has 0 unspecified atom stereocenters. The van der Waals surface area contributed by atoms with E-state index < -0.39 is 0 Å². The molecule has 1 fully saturated rings. The maximum absolute atomic E-state index is 11.4. The van der Waals surface area contributed by atoms with E-state index in [0.29, 0.717) is 5.92 Å². The fraction of sp³-hybridized carbons (Fsp3) is 0.556. The van der Waals surface area contributed by atoms with Gasteiger partial charge in [0.2, 0.25) is 0 Å². The molecule has 13 heavy (non-hydrogen) atoms. The molecular formula is C9H13N3O. The minimum atomic E-state index is 0.0550. The van der Waals surface area contributed by atoms with E-state index in [1.807, 2.05) is 6.92 Å². The summed E-state index contributed by atoms with van der Waals surface area (Å²) in [5.41, 5.74) is 0.840. The molecule has 0 spiro atoms. The number of aromatic nitrogens is 2. The summed E-state index contributed by atoms with van der Waals surface area (Å²) in [5, 5.41) is 3.18. The summed E-state index contributed by atoms with van der Waals surface area (Å²) >= 11 is 0. The van der Waals surface area contributed by atoms with Crippen LogP contribution >= 0.6 is 0 Å². The topological polar surface area (TPSA) is 46.9 Å². The highest BCUT2D eigenvalue weighted by atomic mass is 16.1. The SMILES string of the molecule is Cc1cc(=O)n(CC2CNC2)cn1. The summed E-state index contributed by atoms with van der Waals surface area (Å²) in [6, 6.07) is 1.58. The predicted molar refractivity (Wildman–Crippen MR) is 49.6 cm³/mol. The van der Waals surface area contributed by atoms with Crippen molar-refractivity contribution >= 4 is 0 Å². The third-order valence-corrected chi connectivity index (χ3v) is 2.34. The van der Waals surface area contributed by atoms with Crippen LogP contribution in [0.5, 0.6) is 0 Å². The standard InChI is InChI=1S/C9H13N3O/c1-7-2-9(13)12(6-11-7)5-8-3-10-4-8/h2,6,8,10H,3-5H2,1H3. The molecule has 0 aromatic carbocycles. The zero-order chi connectivity index (χ0) is 9.26. The van der Waals surface area contributed by atoms with E-state index in [9.17, 15) is 4.79 Å². The van der Waals surface area contributed by atoms with Crippen molar-refractivity contribution in [3.05, 3.63) is 28.4 Å². The smallest absolute Gasteiger partial charge is 0.253 e. The molecule has 1 aromatic heterocycles. The molecule has 0 bridgehead atoms. The quantitative estimate of drug-likeness (QED) is 0.682. The first-order valence-corrected chi connectivity index (χ1v) is 4.49. The van der Waals surface area contributed by atoms with Crippen LogP contribution < -0.4 is 10.9 Å². The van der Waals surface area contributed by atoms with Crippen molar-refractivity contribution in [3.63, 3.8) is 0 Å². The van der Waals surface area contributed by atoms with Crippen molar-refractivity contribution in [2.45, 2.75) is 13.5 Å². The van der Waals surface area contributed by atoms with Gasteiger partial charge in [-0.15, -0.1) is 0 Å². The van der Waals surface area contributed by atoms with E-state index in [0.717, 1.165) is 25.3 Å². The predicted octanol–water partition coefficient (Wildman–Crippen LogP) is -0.229. The highest BCUT2D eigenvalue weighted by Crippen LogP contribution is 2.04. The molecule has 0 saturated carbocycles. The van der Waals surface area contributed by atoms with Gasteiger partial charge in [-0.05, 0) is 6.92 Å². The second-order valence-corrected chi connectivity index (χ2v) is 3.55. The van der Waals surface area contributed by atoms with Gasteiger partial charge in [0.05, 0.1) is 6.33 Å². The van der Waals surface area contributed by atoms with Crippen molar-refractivity contribution < 1.29 is 0 Å². The Hall–Kier alpha value is -1.16. The van der Waals surface area contributed by atoms with Gasteiger partial charge >= 0.3 is 0 Å². The molecule has 0 radical (unpaired) electrons. The lowest BCUT2D eigenvalue weighted by Gasteiger charge is -2.27. The fourth-order valence-corrected chi connectivity index (χ4v) is 1.41. The average Bonchev–Trinajstić information content (AvgIpc) is 1.99. The van der Waals surface area contributed by atoms with Crippen LogP contribution in [0.15, 0.2) is 17.2 Å². The number of nitrogens with one attached hydrogen (secondary N) is 1. The average molecular weight is 179 g/mol. The monoisotopic (exact) mass is 179 g/mol. The molecule has 1 N–H and O–H groups in total. The summed E-state index contributed by atoms with van der Waals surface area (Å²) in [6.07, 6.45) is 1.63. The first-order valence-electron chi connectivity index (χ1n) is 4.49. The zero-order valence-corrected chi connectivity index (χ0v) is 7.66. The van der Waals surface area contributed by atoms with Gasteiger partial charge in [0.1, 0.15) is 0 Å². The molecule has 2 rings (SSSR count). The van der Waals surface area contributed by atoms with E-state index in [1.54, 1.807) is 17.0 Å². The molecule has 1 aromatic rings. The summed E-state index contributed by atoms with van der Waals surface area (Å²) < 4.78 is 1.68. The maximum Gasteiger partial charge on any atom is 0.253 e. The molecule has 1 aliphatic heterocycles. The lowest BCUT2D eigenvalue weighted by atomic mass is 10.0. The minimum absolute atomic E-state index is 0.0550. The Balaban J connectivity index is 2.15. The Labute approximate surface area is 76.6 Å². The van der Waals surface area contributed by atoms with E-state index in [4.69, 9.17) is 0 Å². The van der Waals surface area contributed by atoms with Crippen LogP contribution in [0.25, 0.3) is 0 Å². The maximum atomic E-state index is 11.4. The van der Waals surface area contributed by atoms with E-state index in [-0.39, 0.29) is 5.56 Å². The number of hydrogen-bond donors (Lipinski definition) is 1. The summed E-state index contributed by atoms with van der Waals surface area (Å²) in [4.78, 5) is 15.5. The van der Waals surface area contributed by atoms with Crippen molar-refractivity contribution in [2.24, 2.45) is 5.92 Å². The van der Waals surface area contributed by atoms with Gasteiger partial charge in [0.25, 0.3) is 5.56 Å². The minimum Gasteiger partial charge on any atom is -0.316 e. The van der Waals surface area contributed by atoms with E-state index >= 15 is 0 Å². The Kier molecular flexibility index (Phi) is 2.14. The normalized spacial score (nSPS) is 17.0. The van der Waals surface area contributed by atoms with Crippen LogP contribution in [0.2, 0.25) is 0 Å². The molecule has 70 valence electrons. The third-order valence-electron chi connectivity index (χ3n) is 2.34. The fourth-order valence-electron chi connectivity index (χ4n) is 1.41. The highest BCUT2D eigenvalue weighted by molar-refractivity contribution is 4.96. The molecular weight excluding hydrogens is 166 g/mol. The van der Waals surface area contributed by atoms with Crippen molar-refractivity contribution in [3.8, 4) is 0 Å². The highest BCUT2D eigenvalue weighted by Gasteiger charge is 2.17.